The maximum Gasteiger partial charge on any atom is 0.164 e. The summed E-state index contributed by atoms with van der Waals surface area (Å²) in [6.07, 6.45) is 1.80. The van der Waals surface area contributed by atoms with E-state index in [1.807, 2.05) is 32.0 Å². The predicted molar refractivity (Wildman–Crippen MR) is 87.0 cm³/mol. The van der Waals surface area contributed by atoms with Crippen molar-refractivity contribution in [3.8, 4) is 22.6 Å². The predicted octanol–water partition coefficient (Wildman–Crippen LogP) is 3.99. The average Bonchev–Trinajstić information content (AvgIpc) is 2.48. The molecule has 1 aliphatic rings. The summed E-state index contributed by atoms with van der Waals surface area (Å²) >= 11 is 0. The standard InChI is InChI=1S/C19H20O3/c1-10-9-13-5-6-14-11(2)16(22-4)8-7-15(14)18(13)17(12(3)20)19(10)21/h7-9,21H,5-6H2,1-4H3. The Balaban J connectivity index is 2.37. The Morgan fingerprint density at radius 1 is 1.23 bits per heavy atom. The second kappa shape index (κ2) is 5.16. The van der Waals surface area contributed by atoms with Crippen LogP contribution in [-0.4, -0.2) is 18.0 Å². The van der Waals surface area contributed by atoms with Crippen LogP contribution >= 0.6 is 0 Å². The number of ether oxygens (including phenoxy) is 1. The van der Waals surface area contributed by atoms with Crippen LogP contribution in [0, 0.1) is 13.8 Å². The number of benzene rings is 2. The number of rotatable bonds is 2. The fourth-order valence-corrected chi connectivity index (χ4v) is 3.50. The van der Waals surface area contributed by atoms with E-state index in [0.29, 0.717) is 5.56 Å². The van der Waals surface area contributed by atoms with Crippen LogP contribution in [0.4, 0.5) is 0 Å². The highest BCUT2D eigenvalue weighted by molar-refractivity contribution is 6.05. The van der Waals surface area contributed by atoms with Crippen LogP contribution in [0.5, 0.6) is 11.5 Å². The highest BCUT2D eigenvalue weighted by atomic mass is 16.5. The first-order valence-electron chi connectivity index (χ1n) is 7.49. The first kappa shape index (κ1) is 14.6. The van der Waals surface area contributed by atoms with Crippen LogP contribution in [0.3, 0.4) is 0 Å². The lowest BCUT2D eigenvalue weighted by Gasteiger charge is -2.26. The lowest BCUT2D eigenvalue weighted by Crippen LogP contribution is -2.11. The molecule has 22 heavy (non-hydrogen) atoms. The smallest absolute Gasteiger partial charge is 0.164 e. The zero-order valence-corrected chi connectivity index (χ0v) is 13.4. The number of carbonyl (C=O) groups is 1. The SMILES string of the molecule is COc1ccc2c(c1C)CCc1cc(C)c(O)c(C(C)=O)c1-2. The number of hydrogen-bond acceptors (Lipinski definition) is 3. The minimum absolute atomic E-state index is 0.0984. The Bertz CT molecular complexity index is 788. The Morgan fingerprint density at radius 2 is 1.95 bits per heavy atom. The van der Waals surface area contributed by atoms with Crippen LogP contribution in [0.15, 0.2) is 18.2 Å². The topological polar surface area (TPSA) is 46.5 Å². The highest BCUT2D eigenvalue weighted by Crippen LogP contribution is 2.43. The molecule has 3 rings (SSSR count). The van der Waals surface area contributed by atoms with Gasteiger partial charge in [0.2, 0.25) is 0 Å². The minimum Gasteiger partial charge on any atom is -0.507 e. The summed E-state index contributed by atoms with van der Waals surface area (Å²) in [6, 6.07) is 5.93. The molecule has 0 aliphatic heterocycles. The van der Waals surface area contributed by atoms with E-state index in [0.717, 1.165) is 46.4 Å². The van der Waals surface area contributed by atoms with Crippen LogP contribution in [0.1, 0.15) is 39.5 Å². The Morgan fingerprint density at radius 3 is 2.59 bits per heavy atom. The number of aryl methyl sites for hydroxylation is 2. The molecule has 1 aliphatic carbocycles. The average molecular weight is 296 g/mol. The molecule has 3 nitrogen and oxygen atoms in total. The highest BCUT2D eigenvalue weighted by Gasteiger charge is 2.26. The van der Waals surface area contributed by atoms with Crippen LogP contribution in [0.25, 0.3) is 11.1 Å². The molecule has 2 aromatic rings. The third-order valence-corrected chi connectivity index (χ3v) is 4.61. The van der Waals surface area contributed by atoms with Crippen molar-refractivity contribution in [2.24, 2.45) is 0 Å². The van der Waals surface area contributed by atoms with Crippen molar-refractivity contribution in [2.45, 2.75) is 33.6 Å². The molecule has 0 spiro atoms. The largest absolute Gasteiger partial charge is 0.507 e. The Kier molecular flexibility index (Phi) is 3.44. The summed E-state index contributed by atoms with van der Waals surface area (Å²) in [4.78, 5) is 12.1. The molecule has 0 atom stereocenters. The lowest BCUT2D eigenvalue weighted by molar-refractivity contribution is 0.101. The maximum atomic E-state index is 12.1. The number of phenols is 1. The van der Waals surface area contributed by atoms with Gasteiger partial charge < -0.3 is 9.84 Å². The summed E-state index contributed by atoms with van der Waals surface area (Å²) in [7, 11) is 1.67. The van der Waals surface area contributed by atoms with Crippen LogP contribution in [0.2, 0.25) is 0 Å². The molecule has 0 heterocycles. The number of phenolic OH excluding ortho intramolecular Hbond substituents is 1. The van der Waals surface area contributed by atoms with Gasteiger partial charge in [0.1, 0.15) is 11.5 Å². The lowest BCUT2D eigenvalue weighted by atomic mass is 9.79. The fraction of sp³-hybridized carbons (Fsp3) is 0.316. The fourth-order valence-electron chi connectivity index (χ4n) is 3.50. The van der Waals surface area contributed by atoms with Crippen molar-refractivity contribution in [3.63, 3.8) is 0 Å². The van der Waals surface area contributed by atoms with E-state index in [1.165, 1.54) is 12.5 Å². The van der Waals surface area contributed by atoms with Crippen molar-refractivity contribution in [1.82, 2.24) is 0 Å². The Labute approximate surface area is 130 Å². The van der Waals surface area contributed by atoms with Gasteiger partial charge in [-0.05, 0) is 73.1 Å². The zero-order chi connectivity index (χ0) is 16.0. The molecular weight excluding hydrogens is 276 g/mol. The van der Waals surface area contributed by atoms with Gasteiger partial charge >= 0.3 is 0 Å². The number of ketones is 1. The third-order valence-electron chi connectivity index (χ3n) is 4.61. The molecule has 0 radical (unpaired) electrons. The van der Waals surface area contributed by atoms with E-state index in [9.17, 15) is 9.90 Å². The number of hydrogen-bond donors (Lipinski definition) is 1. The second-order valence-electron chi connectivity index (χ2n) is 5.93. The van der Waals surface area contributed by atoms with Crippen molar-refractivity contribution in [3.05, 3.63) is 46.0 Å². The summed E-state index contributed by atoms with van der Waals surface area (Å²) in [5.74, 6) is 0.870. The third kappa shape index (κ3) is 2.00. The normalized spacial score (nSPS) is 12.5. The van der Waals surface area contributed by atoms with E-state index in [2.05, 4.69) is 0 Å². The Hall–Kier alpha value is -2.29. The number of methoxy groups -OCH3 is 1. The number of fused-ring (bicyclic) bond motifs is 3. The molecular formula is C19H20O3. The van der Waals surface area contributed by atoms with Gasteiger partial charge in [-0.25, -0.2) is 0 Å². The molecule has 0 saturated carbocycles. The van der Waals surface area contributed by atoms with Crippen LogP contribution < -0.4 is 4.74 Å². The van der Waals surface area contributed by atoms with Gasteiger partial charge in [0.25, 0.3) is 0 Å². The quantitative estimate of drug-likeness (QED) is 0.852. The van der Waals surface area contributed by atoms with Crippen molar-refractivity contribution < 1.29 is 14.6 Å². The monoisotopic (exact) mass is 296 g/mol. The first-order valence-corrected chi connectivity index (χ1v) is 7.49. The van der Waals surface area contributed by atoms with Gasteiger partial charge in [-0.15, -0.1) is 0 Å². The molecule has 1 N–H and O–H groups in total. The molecule has 3 heteroatoms. The van der Waals surface area contributed by atoms with Gasteiger partial charge in [-0.2, -0.15) is 0 Å². The summed E-state index contributed by atoms with van der Waals surface area (Å²) in [6.45, 7) is 5.40. The van der Waals surface area contributed by atoms with Crippen LogP contribution in [-0.2, 0) is 12.8 Å². The van der Waals surface area contributed by atoms with Gasteiger partial charge in [0, 0.05) is 0 Å². The summed E-state index contributed by atoms with van der Waals surface area (Å²) < 4.78 is 5.40. The van der Waals surface area contributed by atoms with Crippen molar-refractivity contribution in [1.29, 1.82) is 0 Å². The van der Waals surface area contributed by atoms with Gasteiger partial charge in [-0.3, -0.25) is 4.79 Å². The summed E-state index contributed by atoms with van der Waals surface area (Å²) in [5, 5.41) is 10.4. The van der Waals surface area contributed by atoms with Gasteiger partial charge in [-0.1, -0.05) is 12.1 Å². The molecule has 0 fully saturated rings. The van der Waals surface area contributed by atoms with E-state index < -0.39 is 0 Å². The molecule has 0 unspecified atom stereocenters. The van der Waals surface area contributed by atoms with E-state index >= 15 is 0 Å². The minimum atomic E-state index is -0.0984. The zero-order valence-electron chi connectivity index (χ0n) is 13.4. The van der Waals surface area contributed by atoms with Gasteiger partial charge in [0.05, 0.1) is 12.7 Å². The second-order valence-corrected chi connectivity index (χ2v) is 5.93. The van der Waals surface area contributed by atoms with E-state index in [1.54, 1.807) is 7.11 Å². The molecule has 2 aromatic carbocycles. The molecule has 0 aromatic heterocycles. The van der Waals surface area contributed by atoms with Crippen molar-refractivity contribution >= 4 is 5.78 Å². The van der Waals surface area contributed by atoms with Crippen molar-refractivity contribution in [2.75, 3.05) is 7.11 Å². The molecule has 0 amide bonds. The first-order chi connectivity index (χ1) is 10.5. The number of Topliss-reactive ketones (excluding diaryl/α,β-unsaturated/α-hetero) is 1. The van der Waals surface area contributed by atoms with E-state index in [-0.39, 0.29) is 11.5 Å². The number of aromatic hydroxyl groups is 1. The van der Waals surface area contributed by atoms with Gasteiger partial charge in [0.15, 0.2) is 5.78 Å². The molecule has 0 saturated heterocycles. The number of carbonyl (C=O) groups excluding carboxylic acids is 1. The summed E-state index contributed by atoms with van der Waals surface area (Å²) in [5.41, 5.74) is 6.59. The maximum absolute atomic E-state index is 12.1. The van der Waals surface area contributed by atoms with E-state index in [4.69, 9.17) is 4.74 Å². The molecule has 114 valence electrons. The molecule has 0 bridgehead atoms.